The van der Waals surface area contributed by atoms with Gasteiger partial charge in [-0.15, -0.1) is 0 Å². The Kier molecular flexibility index (Phi) is 5.61. The SMILES string of the molecule is N#Cc1cccc(CN2CCC3(CC2)CC(O)CN(C(=O)c2cccnc2)C3)c1. The molecule has 1 spiro atoms. The first-order valence-corrected chi connectivity index (χ1v) is 10.2. The third-order valence-electron chi connectivity index (χ3n) is 6.20. The van der Waals surface area contributed by atoms with Gasteiger partial charge in [0.05, 0.1) is 23.3 Å². The van der Waals surface area contributed by atoms with Gasteiger partial charge in [-0.05, 0) is 67.6 Å². The van der Waals surface area contributed by atoms with E-state index in [-0.39, 0.29) is 11.3 Å². The van der Waals surface area contributed by atoms with Crippen LogP contribution in [0.25, 0.3) is 0 Å². The van der Waals surface area contributed by atoms with E-state index < -0.39 is 6.10 Å². The molecule has 0 bridgehead atoms. The molecule has 1 aromatic heterocycles. The highest BCUT2D eigenvalue weighted by Gasteiger charge is 2.42. The largest absolute Gasteiger partial charge is 0.391 e. The van der Waals surface area contributed by atoms with Crippen molar-refractivity contribution in [3.63, 3.8) is 0 Å². The summed E-state index contributed by atoms with van der Waals surface area (Å²) >= 11 is 0. The average Bonchev–Trinajstić information content (AvgIpc) is 2.75. The van der Waals surface area contributed by atoms with Crippen LogP contribution in [0.2, 0.25) is 0 Å². The summed E-state index contributed by atoms with van der Waals surface area (Å²) in [7, 11) is 0. The minimum absolute atomic E-state index is 0.0272. The quantitative estimate of drug-likeness (QED) is 0.871. The number of aromatic nitrogens is 1. The molecule has 2 aromatic rings. The fourth-order valence-electron chi connectivity index (χ4n) is 4.72. The summed E-state index contributed by atoms with van der Waals surface area (Å²) in [5, 5.41) is 19.6. The van der Waals surface area contributed by atoms with Gasteiger partial charge in [0.15, 0.2) is 0 Å². The number of amides is 1. The van der Waals surface area contributed by atoms with Crippen molar-refractivity contribution in [2.75, 3.05) is 26.2 Å². The zero-order chi connectivity index (χ0) is 20.3. The van der Waals surface area contributed by atoms with Gasteiger partial charge in [-0.25, -0.2) is 0 Å². The summed E-state index contributed by atoms with van der Waals surface area (Å²) < 4.78 is 0. The maximum atomic E-state index is 12.9. The zero-order valence-electron chi connectivity index (χ0n) is 16.5. The number of nitriles is 1. The van der Waals surface area contributed by atoms with Crippen molar-refractivity contribution >= 4 is 5.91 Å². The molecule has 6 nitrogen and oxygen atoms in total. The highest BCUT2D eigenvalue weighted by atomic mass is 16.3. The second-order valence-electron chi connectivity index (χ2n) is 8.37. The normalized spacial score (nSPS) is 21.7. The Hall–Kier alpha value is -2.75. The molecule has 1 aromatic carbocycles. The van der Waals surface area contributed by atoms with Gasteiger partial charge < -0.3 is 10.0 Å². The maximum absolute atomic E-state index is 12.9. The number of rotatable bonds is 3. The first-order valence-electron chi connectivity index (χ1n) is 10.2. The first-order chi connectivity index (χ1) is 14.1. The van der Waals surface area contributed by atoms with Gasteiger partial charge >= 0.3 is 0 Å². The number of pyridine rings is 1. The van der Waals surface area contributed by atoms with Crippen molar-refractivity contribution in [3.8, 4) is 6.07 Å². The summed E-state index contributed by atoms with van der Waals surface area (Å²) in [6.45, 7) is 3.76. The average molecular weight is 390 g/mol. The molecule has 0 aliphatic carbocycles. The number of hydrogen-bond acceptors (Lipinski definition) is 5. The van der Waals surface area contributed by atoms with E-state index in [2.05, 4.69) is 22.0 Å². The Bertz CT molecular complexity index is 901. The van der Waals surface area contributed by atoms with Crippen LogP contribution in [0.4, 0.5) is 0 Å². The van der Waals surface area contributed by atoms with Crippen molar-refractivity contribution in [3.05, 3.63) is 65.5 Å². The van der Waals surface area contributed by atoms with Crippen LogP contribution >= 0.6 is 0 Å². The Morgan fingerprint density at radius 1 is 1.28 bits per heavy atom. The minimum Gasteiger partial charge on any atom is -0.391 e. The van der Waals surface area contributed by atoms with Gasteiger partial charge in [0.25, 0.3) is 5.91 Å². The Morgan fingerprint density at radius 3 is 2.83 bits per heavy atom. The number of aliphatic hydroxyl groups is 1. The van der Waals surface area contributed by atoms with E-state index >= 15 is 0 Å². The Morgan fingerprint density at radius 2 is 2.10 bits per heavy atom. The number of likely N-dealkylation sites (tertiary alicyclic amines) is 2. The maximum Gasteiger partial charge on any atom is 0.255 e. The molecule has 2 saturated heterocycles. The second-order valence-corrected chi connectivity index (χ2v) is 8.37. The summed E-state index contributed by atoms with van der Waals surface area (Å²) in [5.74, 6) is -0.0491. The fourth-order valence-corrected chi connectivity index (χ4v) is 4.72. The molecule has 1 atom stereocenters. The zero-order valence-corrected chi connectivity index (χ0v) is 16.5. The molecule has 1 unspecified atom stereocenters. The highest BCUT2D eigenvalue weighted by Crippen LogP contribution is 2.40. The van der Waals surface area contributed by atoms with E-state index in [1.165, 1.54) is 0 Å². The van der Waals surface area contributed by atoms with Crippen molar-refractivity contribution < 1.29 is 9.90 Å². The molecular formula is C23H26N4O2. The van der Waals surface area contributed by atoms with E-state index in [1.54, 1.807) is 29.4 Å². The number of carbonyl (C=O) groups is 1. The molecule has 2 aliphatic heterocycles. The van der Waals surface area contributed by atoms with Crippen LogP contribution < -0.4 is 0 Å². The van der Waals surface area contributed by atoms with Crippen LogP contribution in [0.5, 0.6) is 0 Å². The number of β-amino-alcohol motifs (C(OH)–C–C–N with tert-alkyl or cyclic N) is 1. The molecular weight excluding hydrogens is 364 g/mol. The summed E-state index contributed by atoms with van der Waals surface area (Å²) in [5.41, 5.74) is 2.39. The molecule has 4 rings (SSSR count). The lowest BCUT2D eigenvalue weighted by atomic mass is 9.71. The molecule has 1 N–H and O–H groups in total. The monoisotopic (exact) mass is 390 g/mol. The molecule has 150 valence electrons. The third kappa shape index (κ3) is 4.47. The van der Waals surface area contributed by atoms with E-state index in [0.717, 1.165) is 44.5 Å². The van der Waals surface area contributed by atoms with Crippen molar-refractivity contribution in [2.24, 2.45) is 5.41 Å². The number of benzene rings is 1. The third-order valence-corrected chi connectivity index (χ3v) is 6.20. The number of nitrogens with zero attached hydrogens (tertiary/aromatic N) is 4. The number of piperidine rings is 2. The lowest BCUT2D eigenvalue weighted by molar-refractivity contribution is -0.0337. The Balaban J connectivity index is 1.40. The van der Waals surface area contributed by atoms with Gasteiger partial charge in [-0.1, -0.05) is 12.1 Å². The smallest absolute Gasteiger partial charge is 0.255 e. The summed E-state index contributed by atoms with van der Waals surface area (Å²) in [4.78, 5) is 21.1. The van der Waals surface area contributed by atoms with E-state index in [4.69, 9.17) is 5.26 Å². The predicted molar refractivity (Wildman–Crippen MR) is 109 cm³/mol. The lowest BCUT2D eigenvalue weighted by Gasteiger charge is -2.49. The molecule has 3 heterocycles. The second kappa shape index (κ2) is 8.32. The summed E-state index contributed by atoms with van der Waals surface area (Å²) in [6, 6.07) is 13.5. The van der Waals surface area contributed by atoms with E-state index in [1.807, 2.05) is 18.2 Å². The lowest BCUT2D eigenvalue weighted by Crippen LogP contribution is -2.55. The van der Waals surface area contributed by atoms with Gasteiger partial charge in [0.2, 0.25) is 0 Å². The van der Waals surface area contributed by atoms with Gasteiger partial charge in [0, 0.05) is 32.0 Å². The van der Waals surface area contributed by atoms with Gasteiger partial charge in [0.1, 0.15) is 0 Å². The highest BCUT2D eigenvalue weighted by molar-refractivity contribution is 5.94. The molecule has 1 amide bonds. The number of hydrogen-bond donors (Lipinski definition) is 1. The summed E-state index contributed by atoms with van der Waals surface area (Å²) in [6.07, 6.45) is 5.43. The van der Waals surface area contributed by atoms with Gasteiger partial charge in [-0.3, -0.25) is 14.7 Å². The first kappa shape index (κ1) is 19.6. The predicted octanol–water partition coefficient (Wildman–Crippen LogP) is 2.44. The van der Waals surface area contributed by atoms with E-state index in [9.17, 15) is 9.90 Å². The van der Waals surface area contributed by atoms with Crippen LogP contribution in [0.15, 0.2) is 48.8 Å². The topological polar surface area (TPSA) is 80.5 Å². The van der Waals surface area contributed by atoms with Crippen molar-refractivity contribution in [1.82, 2.24) is 14.8 Å². The molecule has 0 radical (unpaired) electrons. The van der Waals surface area contributed by atoms with Crippen molar-refractivity contribution in [2.45, 2.75) is 31.9 Å². The van der Waals surface area contributed by atoms with Crippen LogP contribution in [-0.4, -0.2) is 58.1 Å². The van der Waals surface area contributed by atoms with Crippen LogP contribution in [-0.2, 0) is 6.54 Å². The molecule has 6 heteroatoms. The molecule has 29 heavy (non-hydrogen) atoms. The van der Waals surface area contributed by atoms with Crippen LogP contribution in [0.3, 0.4) is 0 Å². The molecule has 0 saturated carbocycles. The fraction of sp³-hybridized carbons (Fsp3) is 0.435. The van der Waals surface area contributed by atoms with Gasteiger partial charge in [-0.2, -0.15) is 5.26 Å². The Labute approximate surface area is 171 Å². The van der Waals surface area contributed by atoms with Crippen LogP contribution in [0.1, 0.15) is 40.7 Å². The minimum atomic E-state index is -0.483. The van der Waals surface area contributed by atoms with Crippen molar-refractivity contribution in [1.29, 1.82) is 5.26 Å². The van der Waals surface area contributed by atoms with Crippen LogP contribution in [0, 0.1) is 16.7 Å². The molecule has 2 aliphatic rings. The standard InChI is InChI=1S/C23H26N4O2/c24-13-18-3-1-4-19(11-18)15-26-9-6-23(7-10-26)12-21(28)16-27(17-23)22(29)20-5-2-8-25-14-20/h1-5,8,11,14,21,28H,6-7,9-10,12,15-17H2. The molecule has 2 fully saturated rings. The van der Waals surface area contributed by atoms with E-state index in [0.29, 0.717) is 24.2 Å². The number of aliphatic hydroxyl groups excluding tert-OH is 1. The number of carbonyl (C=O) groups excluding carboxylic acids is 1.